The highest BCUT2D eigenvalue weighted by molar-refractivity contribution is 7.99. The Labute approximate surface area is 108 Å². The molecule has 1 heterocycles. The van der Waals surface area contributed by atoms with Crippen molar-refractivity contribution in [3.05, 3.63) is 18.0 Å². The predicted octanol–water partition coefficient (Wildman–Crippen LogP) is 2.75. The Morgan fingerprint density at radius 2 is 2.29 bits per heavy atom. The summed E-state index contributed by atoms with van der Waals surface area (Å²) in [6.45, 7) is 3.19. The number of thioether (sulfide) groups is 1. The highest BCUT2D eigenvalue weighted by atomic mass is 32.2. The molecule has 1 saturated carbocycles. The quantitative estimate of drug-likeness (QED) is 0.845. The van der Waals surface area contributed by atoms with Crippen LogP contribution < -0.4 is 5.32 Å². The minimum absolute atomic E-state index is 0.443. The van der Waals surface area contributed by atoms with Gasteiger partial charge in [0.1, 0.15) is 0 Å². The third-order valence-corrected chi connectivity index (χ3v) is 4.94. The van der Waals surface area contributed by atoms with Gasteiger partial charge in [0, 0.05) is 24.2 Å². The van der Waals surface area contributed by atoms with E-state index >= 15 is 0 Å². The van der Waals surface area contributed by atoms with Crippen LogP contribution in [0.4, 0.5) is 0 Å². The molecule has 0 aliphatic heterocycles. The molecule has 17 heavy (non-hydrogen) atoms. The molecule has 4 heteroatoms. The summed E-state index contributed by atoms with van der Waals surface area (Å²) in [6.07, 6.45) is 7.56. The first-order chi connectivity index (χ1) is 8.31. The first-order valence-corrected chi connectivity index (χ1v) is 7.69. The summed E-state index contributed by atoms with van der Waals surface area (Å²) in [6, 6.07) is 2.57. The molecule has 1 aliphatic carbocycles. The molecule has 0 amide bonds. The van der Waals surface area contributed by atoms with Gasteiger partial charge in [-0.15, -0.1) is 0 Å². The average molecular weight is 253 g/mol. The summed E-state index contributed by atoms with van der Waals surface area (Å²) in [5, 5.41) is 8.73. The molecular formula is C13H23N3S. The van der Waals surface area contributed by atoms with Gasteiger partial charge in [0.05, 0.1) is 11.7 Å². The van der Waals surface area contributed by atoms with Gasteiger partial charge in [-0.3, -0.25) is 4.68 Å². The van der Waals surface area contributed by atoms with E-state index in [0.29, 0.717) is 6.04 Å². The van der Waals surface area contributed by atoms with Crippen LogP contribution in [0.25, 0.3) is 0 Å². The maximum atomic E-state index is 4.27. The Kier molecular flexibility index (Phi) is 4.92. The third-order valence-electron chi connectivity index (χ3n) is 3.47. The molecular weight excluding hydrogens is 230 g/mol. The fourth-order valence-corrected chi connectivity index (χ4v) is 3.93. The Balaban J connectivity index is 1.90. The van der Waals surface area contributed by atoms with Gasteiger partial charge in [0.25, 0.3) is 0 Å². The highest BCUT2D eigenvalue weighted by Crippen LogP contribution is 2.31. The first-order valence-electron chi connectivity index (χ1n) is 6.64. The molecule has 0 bridgehead atoms. The zero-order valence-corrected chi connectivity index (χ0v) is 11.7. The monoisotopic (exact) mass is 253 g/mol. The molecule has 0 aromatic carbocycles. The van der Waals surface area contributed by atoms with Crippen molar-refractivity contribution in [3.63, 3.8) is 0 Å². The van der Waals surface area contributed by atoms with Crippen molar-refractivity contribution in [1.29, 1.82) is 0 Å². The van der Waals surface area contributed by atoms with Gasteiger partial charge in [-0.1, -0.05) is 19.8 Å². The van der Waals surface area contributed by atoms with Gasteiger partial charge in [0.2, 0.25) is 0 Å². The first kappa shape index (κ1) is 13.0. The molecule has 1 aromatic rings. The van der Waals surface area contributed by atoms with Crippen molar-refractivity contribution >= 4 is 11.8 Å². The minimum Gasteiger partial charge on any atom is -0.308 e. The van der Waals surface area contributed by atoms with Gasteiger partial charge in [0.15, 0.2) is 0 Å². The summed E-state index contributed by atoms with van der Waals surface area (Å²) in [5.41, 5.74) is 1.30. The Morgan fingerprint density at radius 3 is 2.88 bits per heavy atom. The van der Waals surface area contributed by atoms with E-state index in [1.807, 2.05) is 17.9 Å². The van der Waals surface area contributed by atoms with E-state index in [9.17, 15) is 0 Å². The van der Waals surface area contributed by atoms with Crippen LogP contribution in [0.1, 0.15) is 44.3 Å². The fraction of sp³-hybridized carbons (Fsp3) is 0.769. The van der Waals surface area contributed by atoms with Crippen LogP contribution in [0, 0.1) is 0 Å². The summed E-state index contributed by atoms with van der Waals surface area (Å²) in [5.74, 6) is 1.16. The largest absolute Gasteiger partial charge is 0.308 e. The summed E-state index contributed by atoms with van der Waals surface area (Å²) in [7, 11) is 2.03. The molecule has 1 aliphatic rings. The molecule has 0 spiro atoms. The fourth-order valence-electron chi connectivity index (χ4n) is 2.51. The van der Waals surface area contributed by atoms with Gasteiger partial charge in [-0.25, -0.2) is 0 Å². The average Bonchev–Trinajstić information content (AvgIpc) is 2.95. The van der Waals surface area contributed by atoms with E-state index in [1.165, 1.54) is 31.4 Å². The molecule has 1 fully saturated rings. The number of aryl methyl sites for hydroxylation is 1. The SMILES string of the molecule is CCNC(CSC1CCCC1)c1ccnn1C. The number of rotatable bonds is 6. The van der Waals surface area contributed by atoms with Crippen molar-refractivity contribution < 1.29 is 0 Å². The van der Waals surface area contributed by atoms with E-state index in [2.05, 4.69) is 35.2 Å². The van der Waals surface area contributed by atoms with Crippen LogP contribution >= 0.6 is 11.8 Å². The second kappa shape index (κ2) is 6.45. The summed E-state index contributed by atoms with van der Waals surface area (Å²) in [4.78, 5) is 0. The Morgan fingerprint density at radius 1 is 1.53 bits per heavy atom. The van der Waals surface area contributed by atoms with Gasteiger partial charge in [-0.05, 0) is 25.5 Å². The number of nitrogens with zero attached hydrogens (tertiary/aromatic N) is 2. The van der Waals surface area contributed by atoms with Crippen LogP contribution in [-0.2, 0) is 7.05 Å². The Hall–Kier alpha value is -0.480. The van der Waals surface area contributed by atoms with Gasteiger partial charge >= 0.3 is 0 Å². The molecule has 3 nitrogen and oxygen atoms in total. The molecule has 2 rings (SSSR count). The van der Waals surface area contributed by atoms with Gasteiger partial charge in [-0.2, -0.15) is 16.9 Å². The second-order valence-electron chi connectivity index (χ2n) is 4.73. The zero-order chi connectivity index (χ0) is 12.1. The number of hydrogen-bond acceptors (Lipinski definition) is 3. The zero-order valence-electron chi connectivity index (χ0n) is 10.9. The van der Waals surface area contributed by atoms with E-state index in [4.69, 9.17) is 0 Å². The topological polar surface area (TPSA) is 29.9 Å². The number of nitrogens with one attached hydrogen (secondary N) is 1. The minimum atomic E-state index is 0.443. The van der Waals surface area contributed by atoms with Gasteiger partial charge < -0.3 is 5.32 Å². The lowest BCUT2D eigenvalue weighted by Crippen LogP contribution is -2.25. The molecule has 1 atom stereocenters. The van der Waals surface area contributed by atoms with Crippen molar-refractivity contribution in [2.45, 2.75) is 43.9 Å². The van der Waals surface area contributed by atoms with E-state index in [1.54, 1.807) is 0 Å². The summed E-state index contributed by atoms with van der Waals surface area (Å²) < 4.78 is 1.99. The van der Waals surface area contributed by atoms with Crippen molar-refractivity contribution in [2.75, 3.05) is 12.3 Å². The number of aromatic nitrogens is 2. The summed E-state index contributed by atoms with van der Waals surface area (Å²) >= 11 is 2.14. The lowest BCUT2D eigenvalue weighted by atomic mass is 10.2. The van der Waals surface area contributed by atoms with E-state index in [0.717, 1.165) is 17.5 Å². The maximum absolute atomic E-state index is 4.27. The maximum Gasteiger partial charge on any atom is 0.0583 e. The molecule has 1 N–H and O–H groups in total. The van der Waals surface area contributed by atoms with Crippen molar-refractivity contribution in [1.82, 2.24) is 15.1 Å². The molecule has 96 valence electrons. The van der Waals surface area contributed by atoms with Crippen LogP contribution in [0.2, 0.25) is 0 Å². The van der Waals surface area contributed by atoms with Crippen LogP contribution in [0.15, 0.2) is 12.3 Å². The number of hydrogen-bond donors (Lipinski definition) is 1. The predicted molar refractivity (Wildman–Crippen MR) is 74.3 cm³/mol. The van der Waals surface area contributed by atoms with Crippen molar-refractivity contribution in [3.8, 4) is 0 Å². The molecule has 1 aromatic heterocycles. The molecule has 0 saturated heterocycles. The lowest BCUT2D eigenvalue weighted by molar-refractivity contribution is 0.552. The van der Waals surface area contributed by atoms with Crippen molar-refractivity contribution in [2.24, 2.45) is 7.05 Å². The van der Waals surface area contributed by atoms with Crippen LogP contribution in [0.5, 0.6) is 0 Å². The highest BCUT2D eigenvalue weighted by Gasteiger charge is 2.19. The normalized spacial score (nSPS) is 18.7. The van der Waals surface area contributed by atoms with E-state index in [-0.39, 0.29) is 0 Å². The standard InChI is InChI=1S/C13H23N3S/c1-3-14-12(13-8-9-15-16(13)2)10-17-11-6-4-5-7-11/h8-9,11-12,14H,3-7,10H2,1-2H3. The third kappa shape index (κ3) is 3.49. The van der Waals surface area contributed by atoms with E-state index < -0.39 is 0 Å². The van der Waals surface area contributed by atoms with Crippen LogP contribution in [0.3, 0.4) is 0 Å². The van der Waals surface area contributed by atoms with Crippen LogP contribution in [-0.4, -0.2) is 27.3 Å². The molecule has 0 radical (unpaired) electrons. The second-order valence-corrected chi connectivity index (χ2v) is 6.06. The Bertz CT molecular complexity index is 331. The lowest BCUT2D eigenvalue weighted by Gasteiger charge is -2.19. The smallest absolute Gasteiger partial charge is 0.0583 e. The molecule has 1 unspecified atom stereocenters.